The van der Waals surface area contributed by atoms with Crippen molar-refractivity contribution in [1.82, 2.24) is 4.98 Å². The van der Waals surface area contributed by atoms with E-state index in [4.69, 9.17) is 11.6 Å². The zero-order chi connectivity index (χ0) is 15.9. The molecule has 3 N–H and O–H groups in total. The Kier molecular flexibility index (Phi) is 4.03. The predicted molar refractivity (Wildman–Crippen MR) is 84.3 cm³/mol. The Hall–Kier alpha value is -1.33. The maximum absolute atomic E-state index is 11.4. The van der Waals surface area contributed by atoms with Crippen molar-refractivity contribution in [2.24, 2.45) is 11.8 Å². The fourth-order valence-electron chi connectivity index (χ4n) is 4.19. The van der Waals surface area contributed by atoms with Gasteiger partial charge < -0.3 is 15.5 Å². The van der Waals surface area contributed by atoms with Gasteiger partial charge in [0.05, 0.1) is 11.3 Å². The lowest BCUT2D eigenvalue weighted by Crippen LogP contribution is -2.51. The van der Waals surface area contributed by atoms with Crippen LogP contribution in [-0.2, 0) is 0 Å². The third kappa shape index (κ3) is 3.06. The van der Waals surface area contributed by atoms with Gasteiger partial charge in [-0.1, -0.05) is 18.0 Å². The first kappa shape index (κ1) is 15.6. The Labute approximate surface area is 134 Å². The number of pyridine rings is 1. The molecule has 2 aliphatic rings. The predicted octanol–water partition coefficient (Wildman–Crippen LogP) is 3.17. The van der Waals surface area contributed by atoms with Crippen LogP contribution in [-0.4, -0.2) is 32.8 Å². The highest BCUT2D eigenvalue weighted by molar-refractivity contribution is 6.29. The highest BCUT2D eigenvalue weighted by atomic mass is 35.5. The number of carboxylic acids is 1. The lowest BCUT2D eigenvalue weighted by molar-refractivity contribution is -0.0432. The molecule has 0 unspecified atom stereocenters. The minimum absolute atomic E-state index is 0.139. The molecule has 2 fully saturated rings. The number of aromatic carboxylic acids is 1. The summed E-state index contributed by atoms with van der Waals surface area (Å²) in [5, 5.41) is 23.4. The van der Waals surface area contributed by atoms with Crippen LogP contribution in [0, 0.1) is 11.8 Å². The Bertz CT molecular complexity index is 575. The largest absolute Gasteiger partial charge is 0.478 e. The maximum atomic E-state index is 11.4. The molecular weight excluding hydrogens is 304 g/mol. The fourth-order valence-corrected chi connectivity index (χ4v) is 4.35. The molecule has 0 spiro atoms. The second kappa shape index (κ2) is 5.70. The summed E-state index contributed by atoms with van der Waals surface area (Å²) in [7, 11) is 0. The van der Waals surface area contributed by atoms with Crippen LogP contribution < -0.4 is 5.32 Å². The van der Waals surface area contributed by atoms with Crippen LogP contribution in [0.25, 0.3) is 0 Å². The quantitative estimate of drug-likeness (QED) is 0.744. The molecule has 0 aliphatic heterocycles. The first-order valence-corrected chi connectivity index (χ1v) is 8.11. The number of carbonyl (C=O) groups is 1. The number of rotatable bonds is 3. The van der Waals surface area contributed by atoms with E-state index in [0.29, 0.717) is 17.5 Å². The van der Waals surface area contributed by atoms with Crippen molar-refractivity contribution >= 4 is 23.3 Å². The highest BCUT2D eigenvalue weighted by Crippen LogP contribution is 2.45. The molecule has 2 bridgehead atoms. The number of nitrogens with zero attached hydrogens (tertiary/aromatic N) is 1. The summed E-state index contributed by atoms with van der Waals surface area (Å²) in [5.41, 5.74) is 0.0511. The molecule has 1 heterocycles. The summed E-state index contributed by atoms with van der Waals surface area (Å²) < 4.78 is 0. The van der Waals surface area contributed by atoms with Crippen molar-refractivity contribution in [3.8, 4) is 0 Å². The van der Waals surface area contributed by atoms with E-state index >= 15 is 0 Å². The Balaban J connectivity index is 1.87. The molecule has 3 rings (SSSR count). The van der Waals surface area contributed by atoms with Crippen LogP contribution >= 0.6 is 11.6 Å². The maximum Gasteiger partial charge on any atom is 0.339 e. The van der Waals surface area contributed by atoms with Crippen LogP contribution in [0.15, 0.2) is 12.3 Å². The molecule has 2 aliphatic carbocycles. The van der Waals surface area contributed by atoms with Gasteiger partial charge in [0.15, 0.2) is 0 Å². The number of anilines is 1. The second-order valence-electron chi connectivity index (χ2n) is 6.88. The van der Waals surface area contributed by atoms with Gasteiger partial charge in [-0.25, -0.2) is 9.78 Å². The van der Waals surface area contributed by atoms with Gasteiger partial charge in [0.2, 0.25) is 0 Å². The van der Waals surface area contributed by atoms with Crippen LogP contribution in [0.4, 0.5) is 5.69 Å². The molecule has 22 heavy (non-hydrogen) atoms. The molecule has 120 valence electrons. The highest BCUT2D eigenvalue weighted by Gasteiger charge is 2.44. The van der Waals surface area contributed by atoms with Crippen molar-refractivity contribution in [2.45, 2.75) is 50.7 Å². The molecule has 4 atom stereocenters. The number of hydrogen-bond donors (Lipinski definition) is 3. The molecule has 1 aromatic rings. The van der Waals surface area contributed by atoms with E-state index in [-0.39, 0.29) is 16.8 Å². The van der Waals surface area contributed by atoms with Crippen molar-refractivity contribution in [3.63, 3.8) is 0 Å². The second-order valence-corrected chi connectivity index (χ2v) is 7.27. The van der Waals surface area contributed by atoms with Gasteiger partial charge in [0.25, 0.3) is 0 Å². The van der Waals surface area contributed by atoms with E-state index in [1.165, 1.54) is 12.6 Å². The normalized spacial score (nSPS) is 34.2. The van der Waals surface area contributed by atoms with Gasteiger partial charge in [-0.15, -0.1) is 0 Å². The minimum atomic E-state index is -1.01. The SMILES string of the molecule is C[C@@]1(O)C[C@H]2CCC[C@@H](C1)[C@@H]2Nc1cc(Cl)ncc1C(=O)O. The van der Waals surface area contributed by atoms with Gasteiger partial charge in [-0.3, -0.25) is 0 Å². The van der Waals surface area contributed by atoms with E-state index in [0.717, 1.165) is 25.7 Å². The summed E-state index contributed by atoms with van der Waals surface area (Å²) >= 11 is 5.92. The average molecular weight is 325 g/mol. The van der Waals surface area contributed by atoms with Crippen LogP contribution in [0.1, 0.15) is 49.4 Å². The molecular formula is C16H21ClN2O3. The molecule has 0 radical (unpaired) electrons. The number of aliphatic hydroxyl groups is 1. The number of fused-ring (bicyclic) bond motifs is 2. The summed E-state index contributed by atoms with van der Waals surface area (Å²) in [6.45, 7) is 1.90. The van der Waals surface area contributed by atoms with Gasteiger partial charge >= 0.3 is 5.97 Å². The summed E-state index contributed by atoms with van der Waals surface area (Å²) in [6.07, 6.45) is 6.09. The average Bonchev–Trinajstić information content (AvgIpc) is 2.39. The van der Waals surface area contributed by atoms with Crippen molar-refractivity contribution in [1.29, 1.82) is 0 Å². The van der Waals surface area contributed by atoms with Gasteiger partial charge in [0, 0.05) is 12.2 Å². The number of aromatic nitrogens is 1. The van der Waals surface area contributed by atoms with Crippen molar-refractivity contribution in [3.05, 3.63) is 23.0 Å². The van der Waals surface area contributed by atoms with Crippen LogP contribution in [0.2, 0.25) is 5.15 Å². The lowest BCUT2D eigenvalue weighted by atomic mass is 9.63. The number of hydrogen-bond acceptors (Lipinski definition) is 4. The first-order chi connectivity index (χ1) is 10.4. The van der Waals surface area contributed by atoms with Crippen LogP contribution in [0.5, 0.6) is 0 Å². The molecule has 5 nitrogen and oxygen atoms in total. The van der Waals surface area contributed by atoms with Crippen molar-refractivity contribution in [2.75, 3.05) is 5.32 Å². The summed E-state index contributed by atoms with van der Waals surface area (Å²) in [4.78, 5) is 15.2. The van der Waals surface area contributed by atoms with Gasteiger partial charge in [0.1, 0.15) is 10.7 Å². The molecule has 1 aromatic heterocycles. The minimum Gasteiger partial charge on any atom is -0.478 e. The van der Waals surface area contributed by atoms with E-state index in [2.05, 4.69) is 10.3 Å². The topological polar surface area (TPSA) is 82.5 Å². The molecule has 0 amide bonds. The third-order valence-electron chi connectivity index (χ3n) is 4.99. The number of nitrogens with one attached hydrogen (secondary N) is 1. The van der Waals surface area contributed by atoms with E-state index in [1.54, 1.807) is 6.07 Å². The smallest absolute Gasteiger partial charge is 0.339 e. The fraction of sp³-hybridized carbons (Fsp3) is 0.625. The van der Waals surface area contributed by atoms with Gasteiger partial charge in [-0.05, 0) is 50.5 Å². The number of halogens is 1. The zero-order valence-corrected chi connectivity index (χ0v) is 13.3. The Morgan fingerprint density at radius 3 is 2.64 bits per heavy atom. The standard InChI is InChI=1S/C16H21ClN2O3/c1-16(22)6-9-3-2-4-10(7-16)14(9)19-12-5-13(17)18-8-11(12)15(20)21/h5,8-10,14,22H,2-4,6-7H2,1H3,(H,18,19)(H,20,21)/t9-,10+,14-,16-. The van der Waals surface area contributed by atoms with Crippen LogP contribution in [0.3, 0.4) is 0 Å². The Morgan fingerprint density at radius 1 is 1.41 bits per heavy atom. The molecule has 0 aromatic carbocycles. The monoisotopic (exact) mass is 324 g/mol. The van der Waals surface area contributed by atoms with Crippen molar-refractivity contribution < 1.29 is 15.0 Å². The summed E-state index contributed by atoms with van der Waals surface area (Å²) in [6, 6.07) is 1.76. The van der Waals surface area contributed by atoms with E-state index < -0.39 is 11.6 Å². The summed E-state index contributed by atoms with van der Waals surface area (Å²) in [5.74, 6) is -0.299. The first-order valence-electron chi connectivity index (χ1n) is 7.73. The van der Waals surface area contributed by atoms with Gasteiger partial charge in [-0.2, -0.15) is 0 Å². The molecule has 0 saturated heterocycles. The van der Waals surface area contributed by atoms with E-state index in [1.807, 2.05) is 6.92 Å². The third-order valence-corrected chi connectivity index (χ3v) is 5.20. The zero-order valence-electron chi connectivity index (χ0n) is 12.6. The van der Waals surface area contributed by atoms with E-state index in [9.17, 15) is 15.0 Å². The Morgan fingerprint density at radius 2 is 2.05 bits per heavy atom. The lowest BCUT2D eigenvalue weighted by Gasteiger charge is -2.49. The number of carboxylic acid groups (broad SMARTS) is 1. The molecule has 2 saturated carbocycles. The molecule has 6 heteroatoms.